The van der Waals surface area contributed by atoms with Crippen molar-refractivity contribution >= 4 is 0 Å². The van der Waals surface area contributed by atoms with Gasteiger partial charge in [0.05, 0.1) is 6.61 Å². The molecule has 0 aromatic carbocycles. The summed E-state index contributed by atoms with van der Waals surface area (Å²) in [6.07, 6.45) is 0. The summed E-state index contributed by atoms with van der Waals surface area (Å²) in [6, 6.07) is 0.919. The summed E-state index contributed by atoms with van der Waals surface area (Å²) in [5, 5.41) is 3.57. The van der Waals surface area contributed by atoms with Crippen molar-refractivity contribution in [2.75, 3.05) is 27.3 Å². The summed E-state index contributed by atoms with van der Waals surface area (Å²) in [5.74, 6) is 0. The largest absolute Gasteiger partial charge is 0.383 e. The van der Waals surface area contributed by atoms with Gasteiger partial charge >= 0.3 is 0 Å². The van der Waals surface area contributed by atoms with Crippen molar-refractivity contribution in [1.29, 1.82) is 0 Å². The molecule has 0 saturated carbocycles. The summed E-state index contributed by atoms with van der Waals surface area (Å²) in [7, 11) is 3.98. The van der Waals surface area contributed by atoms with Crippen LogP contribution in [-0.4, -0.2) is 49.8 Å². The van der Waals surface area contributed by atoms with E-state index in [0.717, 1.165) is 13.2 Å². The van der Waals surface area contributed by atoms with Gasteiger partial charge in [0.1, 0.15) is 0 Å². The number of ether oxygens (including phenoxy) is 1. The second-order valence-corrected chi connectivity index (χ2v) is 7.45. The minimum Gasteiger partial charge on any atom is -0.383 e. The molecule has 3 nitrogen and oxygen atoms in total. The number of methoxy groups -OCH3 is 1. The van der Waals surface area contributed by atoms with Crippen molar-refractivity contribution in [3.63, 3.8) is 0 Å². The molecule has 18 heavy (non-hydrogen) atoms. The number of nitrogens with one attached hydrogen (secondary N) is 1. The zero-order valence-corrected chi connectivity index (χ0v) is 13.9. The van der Waals surface area contributed by atoms with Gasteiger partial charge < -0.3 is 10.1 Å². The molecule has 3 heteroatoms. The van der Waals surface area contributed by atoms with Crippen molar-refractivity contribution in [1.82, 2.24) is 10.2 Å². The second kappa shape index (κ2) is 6.88. The maximum atomic E-state index is 5.37. The average Bonchev–Trinajstić information content (AvgIpc) is 2.19. The maximum Gasteiger partial charge on any atom is 0.0630 e. The smallest absolute Gasteiger partial charge is 0.0630 e. The molecule has 0 bridgehead atoms. The Kier molecular flexibility index (Phi) is 6.83. The van der Waals surface area contributed by atoms with Crippen molar-refractivity contribution < 1.29 is 4.74 Å². The molecular weight excluding hydrogens is 224 g/mol. The van der Waals surface area contributed by atoms with E-state index in [0.29, 0.717) is 12.1 Å². The van der Waals surface area contributed by atoms with Crippen LogP contribution in [-0.2, 0) is 4.74 Å². The Labute approximate surface area is 114 Å². The van der Waals surface area contributed by atoms with Gasteiger partial charge in [-0.15, -0.1) is 0 Å². The summed E-state index contributed by atoms with van der Waals surface area (Å²) >= 11 is 0. The number of hydrogen-bond donors (Lipinski definition) is 1. The van der Waals surface area contributed by atoms with Crippen molar-refractivity contribution in [2.45, 2.75) is 66.1 Å². The number of nitrogens with zero attached hydrogens (tertiary/aromatic N) is 1. The molecule has 0 aliphatic rings. The predicted molar refractivity (Wildman–Crippen MR) is 80.1 cm³/mol. The first kappa shape index (κ1) is 17.9. The van der Waals surface area contributed by atoms with E-state index in [9.17, 15) is 0 Å². The SMILES string of the molecule is COCC(CNC(C)(C)C)N(C)C(C)C(C)(C)C. The average molecular weight is 258 g/mol. The van der Waals surface area contributed by atoms with Crippen LogP contribution in [0.4, 0.5) is 0 Å². The van der Waals surface area contributed by atoms with Gasteiger partial charge in [-0.3, -0.25) is 4.90 Å². The standard InChI is InChI=1S/C15H34N2O/c1-12(14(2,3)4)17(8)13(11-18-9)10-16-15(5,6)7/h12-13,16H,10-11H2,1-9H3. The normalized spacial score (nSPS) is 17.0. The summed E-state index contributed by atoms with van der Waals surface area (Å²) < 4.78 is 5.37. The van der Waals surface area contributed by atoms with Gasteiger partial charge in [-0.25, -0.2) is 0 Å². The molecule has 2 unspecified atom stereocenters. The molecule has 0 heterocycles. The zero-order chi connectivity index (χ0) is 14.6. The Morgan fingerprint density at radius 1 is 1.11 bits per heavy atom. The minimum atomic E-state index is 0.151. The fourth-order valence-electron chi connectivity index (χ4n) is 1.86. The van der Waals surface area contributed by atoms with Crippen molar-refractivity contribution in [2.24, 2.45) is 5.41 Å². The Morgan fingerprint density at radius 2 is 1.61 bits per heavy atom. The van der Waals surface area contributed by atoms with Crippen LogP contribution >= 0.6 is 0 Å². The Bertz CT molecular complexity index is 228. The molecule has 110 valence electrons. The molecule has 0 rings (SSSR count). The van der Waals surface area contributed by atoms with Crippen LogP contribution in [0.2, 0.25) is 0 Å². The van der Waals surface area contributed by atoms with E-state index < -0.39 is 0 Å². The first-order valence-corrected chi connectivity index (χ1v) is 6.95. The lowest BCUT2D eigenvalue weighted by atomic mass is 9.86. The van der Waals surface area contributed by atoms with Crippen LogP contribution in [0.25, 0.3) is 0 Å². The molecule has 0 aromatic rings. The van der Waals surface area contributed by atoms with Gasteiger partial charge in [-0.1, -0.05) is 20.8 Å². The van der Waals surface area contributed by atoms with Crippen molar-refractivity contribution in [3.05, 3.63) is 0 Å². The lowest BCUT2D eigenvalue weighted by Gasteiger charge is -2.41. The van der Waals surface area contributed by atoms with Crippen LogP contribution in [0.1, 0.15) is 48.5 Å². The van der Waals surface area contributed by atoms with E-state index in [1.807, 2.05) is 0 Å². The van der Waals surface area contributed by atoms with Gasteiger partial charge in [0.25, 0.3) is 0 Å². The highest BCUT2D eigenvalue weighted by atomic mass is 16.5. The third-order valence-electron chi connectivity index (χ3n) is 3.67. The van der Waals surface area contributed by atoms with Crippen molar-refractivity contribution in [3.8, 4) is 0 Å². The first-order chi connectivity index (χ1) is 7.99. The highest BCUT2D eigenvalue weighted by molar-refractivity contribution is 4.84. The Balaban J connectivity index is 4.58. The van der Waals surface area contributed by atoms with E-state index in [1.54, 1.807) is 7.11 Å². The van der Waals surface area contributed by atoms with Crippen LogP contribution in [0, 0.1) is 5.41 Å². The number of rotatable bonds is 6. The number of likely N-dealkylation sites (N-methyl/N-ethyl adjacent to an activating group) is 1. The predicted octanol–water partition coefficient (Wildman–Crippen LogP) is 2.76. The molecule has 0 aromatic heterocycles. The molecule has 2 atom stereocenters. The highest BCUT2D eigenvalue weighted by Gasteiger charge is 2.29. The van der Waals surface area contributed by atoms with Gasteiger partial charge in [-0.2, -0.15) is 0 Å². The molecule has 0 aliphatic heterocycles. The lowest BCUT2D eigenvalue weighted by Crippen LogP contribution is -2.53. The lowest BCUT2D eigenvalue weighted by molar-refractivity contribution is 0.0441. The molecule has 0 fully saturated rings. The summed E-state index contributed by atoms with van der Waals surface area (Å²) in [6.45, 7) is 17.5. The maximum absolute atomic E-state index is 5.37. The molecule has 1 N–H and O–H groups in total. The van der Waals surface area contributed by atoms with E-state index in [4.69, 9.17) is 4.74 Å². The topological polar surface area (TPSA) is 24.5 Å². The van der Waals surface area contributed by atoms with Gasteiger partial charge in [0, 0.05) is 31.3 Å². The number of hydrogen-bond acceptors (Lipinski definition) is 3. The zero-order valence-electron chi connectivity index (χ0n) is 13.9. The fourth-order valence-corrected chi connectivity index (χ4v) is 1.86. The van der Waals surface area contributed by atoms with E-state index in [1.165, 1.54) is 0 Å². The fraction of sp³-hybridized carbons (Fsp3) is 1.00. The van der Waals surface area contributed by atoms with E-state index >= 15 is 0 Å². The van der Waals surface area contributed by atoms with Crippen LogP contribution < -0.4 is 5.32 Å². The molecule has 0 aliphatic carbocycles. The highest BCUT2D eigenvalue weighted by Crippen LogP contribution is 2.24. The van der Waals surface area contributed by atoms with Gasteiger partial charge in [0.15, 0.2) is 0 Å². The molecule has 0 amide bonds. The van der Waals surface area contributed by atoms with Crippen LogP contribution in [0.15, 0.2) is 0 Å². The van der Waals surface area contributed by atoms with Crippen LogP contribution in [0.3, 0.4) is 0 Å². The minimum absolute atomic E-state index is 0.151. The Morgan fingerprint density at radius 3 is 1.94 bits per heavy atom. The Hall–Kier alpha value is -0.120. The van der Waals surface area contributed by atoms with Gasteiger partial charge in [0.2, 0.25) is 0 Å². The quantitative estimate of drug-likeness (QED) is 0.793. The molecule has 0 saturated heterocycles. The molecular formula is C15H34N2O. The van der Waals surface area contributed by atoms with E-state index in [2.05, 4.69) is 65.7 Å². The second-order valence-electron chi connectivity index (χ2n) is 7.45. The first-order valence-electron chi connectivity index (χ1n) is 6.95. The third kappa shape index (κ3) is 6.72. The third-order valence-corrected chi connectivity index (χ3v) is 3.67. The summed E-state index contributed by atoms with van der Waals surface area (Å²) in [5.41, 5.74) is 0.431. The monoisotopic (exact) mass is 258 g/mol. The van der Waals surface area contributed by atoms with E-state index in [-0.39, 0.29) is 11.0 Å². The van der Waals surface area contributed by atoms with Crippen LogP contribution in [0.5, 0.6) is 0 Å². The van der Waals surface area contributed by atoms with Gasteiger partial charge in [-0.05, 0) is 40.2 Å². The summed E-state index contributed by atoms with van der Waals surface area (Å²) in [4.78, 5) is 2.43. The molecule has 0 spiro atoms. The molecule has 0 radical (unpaired) electrons.